The van der Waals surface area contributed by atoms with Crippen molar-refractivity contribution in [1.29, 1.82) is 0 Å². The van der Waals surface area contributed by atoms with Gasteiger partial charge in [-0.15, -0.1) is 11.3 Å². The van der Waals surface area contributed by atoms with Crippen molar-refractivity contribution in [3.63, 3.8) is 0 Å². The van der Waals surface area contributed by atoms with E-state index in [2.05, 4.69) is 48.5 Å². The molecule has 0 saturated heterocycles. The van der Waals surface area contributed by atoms with Gasteiger partial charge in [-0.1, -0.05) is 29.8 Å². The van der Waals surface area contributed by atoms with Gasteiger partial charge in [0, 0.05) is 17.5 Å². The summed E-state index contributed by atoms with van der Waals surface area (Å²) < 4.78 is 12.9. The maximum Gasteiger partial charge on any atom is 0.321 e. The van der Waals surface area contributed by atoms with Crippen molar-refractivity contribution in [3.05, 3.63) is 69.8 Å². The Hall–Kier alpha value is -2.73. The second-order valence-corrected chi connectivity index (χ2v) is 7.10. The maximum absolute atomic E-state index is 12.9. The minimum atomic E-state index is -0.340. The summed E-state index contributed by atoms with van der Waals surface area (Å²) in [6.45, 7) is 6.53. The standard InChI is InChI=1S/C20H20FN3OS/c1-12-8-13(2)18(14(3)9-12)17-11-26-20(23-17)24-19(25)22-10-15-4-6-16(21)7-5-15/h4-9,11H,10H2,1-3H3,(H2,22,23,24,25). The number of hydrogen-bond acceptors (Lipinski definition) is 3. The topological polar surface area (TPSA) is 54.0 Å². The average Bonchev–Trinajstić information content (AvgIpc) is 3.01. The van der Waals surface area contributed by atoms with E-state index in [1.54, 1.807) is 12.1 Å². The normalized spacial score (nSPS) is 10.6. The number of rotatable bonds is 4. The first kappa shape index (κ1) is 18.1. The largest absolute Gasteiger partial charge is 0.334 e. The first-order chi connectivity index (χ1) is 12.4. The lowest BCUT2D eigenvalue weighted by Crippen LogP contribution is -2.28. The number of nitrogens with one attached hydrogen (secondary N) is 2. The van der Waals surface area contributed by atoms with E-state index in [1.165, 1.54) is 40.2 Å². The number of benzene rings is 2. The van der Waals surface area contributed by atoms with E-state index < -0.39 is 0 Å². The molecule has 0 fully saturated rings. The average molecular weight is 369 g/mol. The van der Waals surface area contributed by atoms with Crippen molar-refractivity contribution in [1.82, 2.24) is 10.3 Å². The van der Waals surface area contributed by atoms with Gasteiger partial charge in [0.2, 0.25) is 0 Å². The van der Waals surface area contributed by atoms with Gasteiger partial charge < -0.3 is 5.32 Å². The maximum atomic E-state index is 12.9. The zero-order valence-corrected chi connectivity index (χ0v) is 15.7. The van der Waals surface area contributed by atoms with Crippen LogP contribution in [-0.2, 0) is 6.54 Å². The molecule has 2 amide bonds. The molecule has 134 valence electrons. The summed E-state index contributed by atoms with van der Waals surface area (Å²) >= 11 is 1.39. The zero-order valence-electron chi connectivity index (χ0n) is 14.9. The number of aromatic nitrogens is 1. The van der Waals surface area contributed by atoms with E-state index in [9.17, 15) is 9.18 Å². The molecular weight excluding hydrogens is 349 g/mol. The van der Waals surface area contributed by atoms with Gasteiger partial charge in [-0.3, -0.25) is 5.32 Å². The Morgan fingerprint density at radius 2 is 1.77 bits per heavy atom. The fraction of sp³-hybridized carbons (Fsp3) is 0.200. The Bertz CT molecular complexity index is 911. The van der Waals surface area contributed by atoms with Gasteiger partial charge in [0.1, 0.15) is 5.82 Å². The van der Waals surface area contributed by atoms with Gasteiger partial charge in [-0.05, 0) is 49.6 Å². The summed E-state index contributed by atoms with van der Waals surface area (Å²) in [6.07, 6.45) is 0. The molecule has 0 spiro atoms. The Morgan fingerprint density at radius 1 is 1.12 bits per heavy atom. The molecule has 0 atom stereocenters. The number of nitrogens with zero attached hydrogens (tertiary/aromatic N) is 1. The van der Waals surface area contributed by atoms with Crippen molar-refractivity contribution < 1.29 is 9.18 Å². The van der Waals surface area contributed by atoms with E-state index in [4.69, 9.17) is 0 Å². The number of halogens is 1. The zero-order chi connectivity index (χ0) is 18.7. The predicted molar refractivity (Wildman–Crippen MR) is 104 cm³/mol. The Morgan fingerprint density at radius 3 is 2.42 bits per heavy atom. The second kappa shape index (κ2) is 7.66. The third-order valence-corrected chi connectivity index (χ3v) is 4.78. The van der Waals surface area contributed by atoms with Crippen LogP contribution in [-0.4, -0.2) is 11.0 Å². The smallest absolute Gasteiger partial charge is 0.321 e. The predicted octanol–water partition coefficient (Wildman–Crippen LogP) is 5.20. The molecule has 26 heavy (non-hydrogen) atoms. The van der Waals surface area contributed by atoms with E-state index in [1.807, 2.05) is 5.38 Å². The third-order valence-electron chi connectivity index (χ3n) is 4.02. The highest BCUT2D eigenvalue weighted by molar-refractivity contribution is 7.14. The summed E-state index contributed by atoms with van der Waals surface area (Å²) in [7, 11) is 0. The van der Waals surface area contributed by atoms with Crippen LogP contribution in [0.15, 0.2) is 41.8 Å². The fourth-order valence-corrected chi connectivity index (χ4v) is 3.65. The molecule has 0 radical (unpaired) electrons. The van der Waals surface area contributed by atoms with Crippen LogP contribution in [0.2, 0.25) is 0 Å². The summed E-state index contributed by atoms with van der Waals surface area (Å²) in [6, 6.07) is 9.93. The van der Waals surface area contributed by atoms with E-state index in [0.717, 1.165) is 16.8 Å². The van der Waals surface area contributed by atoms with Gasteiger partial charge in [0.05, 0.1) is 5.69 Å². The molecule has 0 saturated carbocycles. The Labute approximate surface area is 156 Å². The molecule has 1 heterocycles. The molecule has 0 bridgehead atoms. The van der Waals surface area contributed by atoms with Crippen LogP contribution in [0.5, 0.6) is 0 Å². The minimum absolute atomic E-state index is 0.296. The van der Waals surface area contributed by atoms with Crippen molar-refractivity contribution in [2.45, 2.75) is 27.3 Å². The van der Waals surface area contributed by atoms with Crippen LogP contribution in [0.25, 0.3) is 11.3 Å². The van der Waals surface area contributed by atoms with Crippen LogP contribution >= 0.6 is 11.3 Å². The van der Waals surface area contributed by atoms with Gasteiger partial charge in [0.15, 0.2) is 5.13 Å². The Kier molecular flexibility index (Phi) is 5.32. The number of carbonyl (C=O) groups is 1. The first-order valence-corrected chi connectivity index (χ1v) is 9.13. The molecular formula is C20H20FN3OS. The summed E-state index contributed by atoms with van der Waals surface area (Å²) in [5, 5.41) is 7.97. The molecule has 2 aromatic carbocycles. The van der Waals surface area contributed by atoms with Crippen LogP contribution in [0.4, 0.5) is 14.3 Å². The number of carbonyl (C=O) groups excluding carboxylic acids is 1. The minimum Gasteiger partial charge on any atom is -0.334 e. The molecule has 0 aliphatic carbocycles. The summed E-state index contributed by atoms with van der Waals surface area (Å²) in [5.41, 5.74) is 6.34. The van der Waals surface area contributed by atoms with Crippen LogP contribution in [0.1, 0.15) is 22.3 Å². The fourth-order valence-electron chi connectivity index (χ4n) is 2.96. The molecule has 1 aromatic heterocycles. The highest BCUT2D eigenvalue weighted by atomic mass is 32.1. The summed E-state index contributed by atoms with van der Waals surface area (Å²) in [4.78, 5) is 16.6. The van der Waals surface area contributed by atoms with E-state index in [0.29, 0.717) is 11.7 Å². The van der Waals surface area contributed by atoms with Crippen molar-refractivity contribution in [2.75, 3.05) is 5.32 Å². The van der Waals surface area contributed by atoms with Crippen LogP contribution in [0, 0.1) is 26.6 Å². The van der Waals surface area contributed by atoms with E-state index in [-0.39, 0.29) is 11.8 Å². The lowest BCUT2D eigenvalue weighted by Gasteiger charge is -2.09. The number of amides is 2. The highest BCUT2D eigenvalue weighted by Gasteiger charge is 2.12. The summed E-state index contributed by atoms with van der Waals surface area (Å²) in [5.74, 6) is -0.296. The number of urea groups is 1. The van der Waals surface area contributed by atoms with Crippen molar-refractivity contribution >= 4 is 22.5 Å². The number of thiazole rings is 1. The Balaban J connectivity index is 1.65. The van der Waals surface area contributed by atoms with Gasteiger partial charge in [-0.25, -0.2) is 14.2 Å². The quantitative estimate of drug-likeness (QED) is 0.664. The molecule has 6 heteroatoms. The van der Waals surface area contributed by atoms with Crippen molar-refractivity contribution in [3.8, 4) is 11.3 Å². The molecule has 3 aromatic rings. The SMILES string of the molecule is Cc1cc(C)c(-c2csc(NC(=O)NCc3ccc(F)cc3)n2)c(C)c1. The van der Waals surface area contributed by atoms with Gasteiger partial charge in [0.25, 0.3) is 0 Å². The number of hydrogen-bond donors (Lipinski definition) is 2. The van der Waals surface area contributed by atoms with E-state index >= 15 is 0 Å². The molecule has 3 rings (SSSR count). The lowest BCUT2D eigenvalue weighted by molar-refractivity contribution is 0.251. The first-order valence-electron chi connectivity index (χ1n) is 8.25. The van der Waals surface area contributed by atoms with Crippen LogP contribution < -0.4 is 10.6 Å². The molecule has 0 unspecified atom stereocenters. The van der Waals surface area contributed by atoms with Gasteiger partial charge >= 0.3 is 6.03 Å². The lowest BCUT2D eigenvalue weighted by atomic mass is 9.98. The highest BCUT2D eigenvalue weighted by Crippen LogP contribution is 2.30. The number of aryl methyl sites for hydroxylation is 3. The second-order valence-electron chi connectivity index (χ2n) is 6.25. The van der Waals surface area contributed by atoms with Gasteiger partial charge in [-0.2, -0.15) is 0 Å². The van der Waals surface area contributed by atoms with Crippen LogP contribution in [0.3, 0.4) is 0 Å². The molecule has 0 aliphatic heterocycles. The third kappa shape index (κ3) is 4.26. The van der Waals surface area contributed by atoms with Crippen molar-refractivity contribution in [2.24, 2.45) is 0 Å². The molecule has 0 aliphatic rings. The molecule has 4 nitrogen and oxygen atoms in total. The molecule has 2 N–H and O–H groups in total. The number of anilines is 1. The monoisotopic (exact) mass is 369 g/mol.